The molecule has 3 aromatic heterocycles. The summed E-state index contributed by atoms with van der Waals surface area (Å²) >= 11 is 0. The highest BCUT2D eigenvalue weighted by Gasteiger charge is 2.14. The number of nitrogens with zero attached hydrogens (tertiary/aromatic N) is 3. The SMILES string of the molecule is CC(=O)Nc1cn2cc(-c3cncc(NS(=O)(=O)c4ccc(C)cc4)c3)ccc2n1. The molecule has 0 bridgehead atoms. The van der Waals surface area contributed by atoms with E-state index in [-0.39, 0.29) is 10.8 Å². The normalized spacial score (nSPS) is 11.4. The van der Waals surface area contributed by atoms with Gasteiger partial charge in [0.15, 0.2) is 5.82 Å². The molecule has 1 aromatic carbocycles. The number of imidazole rings is 1. The fourth-order valence-corrected chi connectivity index (χ4v) is 4.02. The molecule has 0 saturated carbocycles. The third kappa shape index (κ3) is 4.15. The van der Waals surface area contributed by atoms with Gasteiger partial charge in [0.2, 0.25) is 5.91 Å². The van der Waals surface area contributed by atoms with Gasteiger partial charge in [0.05, 0.1) is 23.0 Å². The van der Waals surface area contributed by atoms with Crippen LogP contribution in [-0.4, -0.2) is 28.7 Å². The van der Waals surface area contributed by atoms with Crippen molar-refractivity contribution < 1.29 is 13.2 Å². The maximum Gasteiger partial charge on any atom is 0.261 e. The summed E-state index contributed by atoms with van der Waals surface area (Å²) in [5.74, 6) is 0.258. The topological polar surface area (TPSA) is 105 Å². The van der Waals surface area contributed by atoms with Crippen molar-refractivity contribution in [3.63, 3.8) is 0 Å². The van der Waals surface area contributed by atoms with Crippen LogP contribution < -0.4 is 10.0 Å². The second-order valence-electron chi connectivity index (χ2n) is 6.87. The smallest absolute Gasteiger partial charge is 0.261 e. The Labute approximate surface area is 173 Å². The summed E-state index contributed by atoms with van der Waals surface area (Å²) in [6.07, 6.45) is 6.65. The first-order valence-electron chi connectivity index (χ1n) is 9.11. The zero-order valence-electron chi connectivity index (χ0n) is 16.3. The summed E-state index contributed by atoms with van der Waals surface area (Å²) in [6, 6.07) is 12.0. The van der Waals surface area contributed by atoms with E-state index in [1.54, 1.807) is 47.1 Å². The number of anilines is 2. The van der Waals surface area contributed by atoms with Gasteiger partial charge in [-0.2, -0.15) is 0 Å². The average molecular weight is 421 g/mol. The van der Waals surface area contributed by atoms with Gasteiger partial charge in [-0.25, -0.2) is 13.4 Å². The number of carbonyl (C=O) groups excluding carboxylic acids is 1. The van der Waals surface area contributed by atoms with E-state index in [0.29, 0.717) is 17.2 Å². The minimum absolute atomic E-state index is 0.184. The van der Waals surface area contributed by atoms with Crippen LogP contribution >= 0.6 is 0 Å². The minimum Gasteiger partial charge on any atom is -0.310 e. The van der Waals surface area contributed by atoms with Crippen molar-refractivity contribution in [2.24, 2.45) is 0 Å². The molecule has 9 heteroatoms. The van der Waals surface area contributed by atoms with Gasteiger partial charge in [0.1, 0.15) is 5.65 Å². The summed E-state index contributed by atoms with van der Waals surface area (Å²) in [6.45, 7) is 3.32. The van der Waals surface area contributed by atoms with E-state index in [1.807, 2.05) is 25.3 Å². The third-order valence-corrected chi connectivity index (χ3v) is 5.81. The lowest BCUT2D eigenvalue weighted by Gasteiger charge is -2.10. The van der Waals surface area contributed by atoms with Crippen molar-refractivity contribution in [2.45, 2.75) is 18.7 Å². The van der Waals surface area contributed by atoms with Crippen molar-refractivity contribution >= 4 is 33.1 Å². The highest BCUT2D eigenvalue weighted by molar-refractivity contribution is 7.92. The first-order chi connectivity index (χ1) is 14.3. The molecule has 2 N–H and O–H groups in total. The lowest BCUT2D eigenvalue weighted by atomic mass is 10.1. The van der Waals surface area contributed by atoms with Crippen molar-refractivity contribution in [3.8, 4) is 11.1 Å². The highest BCUT2D eigenvalue weighted by atomic mass is 32.2. The molecule has 0 saturated heterocycles. The zero-order valence-corrected chi connectivity index (χ0v) is 17.1. The van der Waals surface area contributed by atoms with Crippen molar-refractivity contribution in [2.75, 3.05) is 10.0 Å². The number of aromatic nitrogens is 3. The number of carbonyl (C=O) groups is 1. The van der Waals surface area contributed by atoms with Crippen LogP contribution in [0.15, 0.2) is 72.1 Å². The number of amides is 1. The molecule has 0 spiro atoms. The van der Waals surface area contributed by atoms with Gasteiger partial charge in [0.25, 0.3) is 10.0 Å². The molecule has 0 radical (unpaired) electrons. The number of hydrogen-bond donors (Lipinski definition) is 2. The predicted molar refractivity (Wildman–Crippen MR) is 115 cm³/mol. The fourth-order valence-electron chi connectivity index (χ4n) is 2.99. The average Bonchev–Trinajstić information content (AvgIpc) is 3.08. The van der Waals surface area contributed by atoms with E-state index in [9.17, 15) is 13.2 Å². The van der Waals surface area contributed by atoms with Crippen LogP contribution in [0, 0.1) is 6.92 Å². The van der Waals surface area contributed by atoms with Gasteiger partial charge in [0, 0.05) is 30.4 Å². The zero-order chi connectivity index (χ0) is 21.3. The lowest BCUT2D eigenvalue weighted by Crippen LogP contribution is -2.13. The molecule has 3 heterocycles. The number of benzene rings is 1. The molecule has 0 unspecified atom stereocenters. The summed E-state index contributed by atoms with van der Waals surface area (Å²) in [7, 11) is -3.72. The van der Waals surface area contributed by atoms with E-state index < -0.39 is 10.0 Å². The van der Waals surface area contributed by atoms with E-state index in [1.165, 1.54) is 13.1 Å². The summed E-state index contributed by atoms with van der Waals surface area (Å²) in [4.78, 5) is 19.9. The molecule has 4 aromatic rings. The first-order valence-corrected chi connectivity index (χ1v) is 10.6. The highest BCUT2D eigenvalue weighted by Crippen LogP contribution is 2.24. The Morgan fingerprint density at radius 3 is 2.50 bits per heavy atom. The Morgan fingerprint density at radius 2 is 1.77 bits per heavy atom. The molecular formula is C21H19N5O3S. The van der Waals surface area contributed by atoms with E-state index in [2.05, 4.69) is 20.0 Å². The summed E-state index contributed by atoms with van der Waals surface area (Å²) in [5, 5.41) is 2.65. The molecule has 0 atom stereocenters. The molecule has 8 nitrogen and oxygen atoms in total. The third-order valence-electron chi connectivity index (χ3n) is 4.41. The molecule has 0 aliphatic carbocycles. The van der Waals surface area contributed by atoms with E-state index in [0.717, 1.165) is 16.7 Å². The van der Waals surface area contributed by atoms with Crippen molar-refractivity contribution in [1.29, 1.82) is 0 Å². The molecule has 152 valence electrons. The Hall–Kier alpha value is -3.72. The molecule has 0 aliphatic rings. The van der Waals surface area contributed by atoms with Gasteiger partial charge >= 0.3 is 0 Å². The quantitative estimate of drug-likeness (QED) is 0.513. The number of aryl methyl sites for hydroxylation is 1. The number of pyridine rings is 2. The van der Waals surface area contributed by atoms with E-state index >= 15 is 0 Å². The molecule has 0 aliphatic heterocycles. The Morgan fingerprint density at radius 1 is 1.00 bits per heavy atom. The number of sulfonamides is 1. The van der Waals surface area contributed by atoms with Gasteiger partial charge < -0.3 is 9.72 Å². The standard InChI is InChI=1S/C21H19N5O3S/c1-14-3-6-19(7-4-14)30(28,29)25-18-9-17(10-22-11-18)16-5-8-21-24-20(23-15(2)27)13-26(21)12-16/h3-13,25H,1-2H3,(H,23,27). The van der Waals surface area contributed by atoms with Crippen LogP contribution in [-0.2, 0) is 14.8 Å². The number of rotatable bonds is 5. The Balaban J connectivity index is 1.63. The van der Waals surface area contributed by atoms with Crippen LogP contribution in [0.1, 0.15) is 12.5 Å². The molecule has 1 amide bonds. The first kappa shape index (κ1) is 19.6. The molecule has 30 heavy (non-hydrogen) atoms. The number of hydrogen-bond acceptors (Lipinski definition) is 5. The minimum atomic E-state index is -3.72. The van der Waals surface area contributed by atoms with E-state index in [4.69, 9.17) is 0 Å². The Bertz CT molecular complexity index is 1340. The predicted octanol–water partition coefficient (Wildman–Crippen LogP) is 3.46. The van der Waals surface area contributed by atoms with Crippen molar-refractivity contribution in [3.05, 3.63) is 72.8 Å². The Kier molecular flexibility index (Phi) is 4.96. The number of nitrogens with one attached hydrogen (secondary N) is 2. The van der Waals surface area contributed by atoms with Gasteiger partial charge in [-0.15, -0.1) is 0 Å². The summed E-state index contributed by atoms with van der Waals surface area (Å²) < 4.78 is 29.6. The van der Waals surface area contributed by atoms with Gasteiger partial charge in [-0.05, 0) is 37.3 Å². The lowest BCUT2D eigenvalue weighted by molar-refractivity contribution is -0.114. The maximum atomic E-state index is 12.6. The fraction of sp³-hybridized carbons (Fsp3) is 0.0952. The second kappa shape index (κ2) is 7.60. The summed E-state index contributed by atoms with van der Waals surface area (Å²) in [5.41, 5.74) is 3.56. The number of fused-ring (bicyclic) bond motifs is 1. The van der Waals surface area contributed by atoms with Crippen LogP contribution in [0.4, 0.5) is 11.5 Å². The van der Waals surface area contributed by atoms with Crippen LogP contribution in [0.5, 0.6) is 0 Å². The second-order valence-corrected chi connectivity index (χ2v) is 8.55. The maximum absolute atomic E-state index is 12.6. The molecular weight excluding hydrogens is 402 g/mol. The van der Waals surface area contributed by atoms with Gasteiger partial charge in [-0.1, -0.05) is 17.7 Å². The molecule has 4 rings (SSSR count). The van der Waals surface area contributed by atoms with Crippen LogP contribution in [0.25, 0.3) is 16.8 Å². The largest absolute Gasteiger partial charge is 0.310 e. The molecule has 0 fully saturated rings. The van der Waals surface area contributed by atoms with Gasteiger partial charge in [-0.3, -0.25) is 14.5 Å². The van der Waals surface area contributed by atoms with Crippen molar-refractivity contribution in [1.82, 2.24) is 14.4 Å². The van der Waals surface area contributed by atoms with Crippen LogP contribution in [0.3, 0.4) is 0 Å². The monoisotopic (exact) mass is 421 g/mol. The van der Waals surface area contributed by atoms with Crippen LogP contribution in [0.2, 0.25) is 0 Å².